The van der Waals surface area contributed by atoms with Crippen molar-refractivity contribution in [2.24, 2.45) is 5.92 Å². The summed E-state index contributed by atoms with van der Waals surface area (Å²) < 4.78 is 0. The average Bonchev–Trinajstić information content (AvgIpc) is 2.97. The molecule has 1 aliphatic carbocycles. The lowest BCUT2D eigenvalue weighted by Crippen LogP contribution is -2.38. The Morgan fingerprint density at radius 2 is 2.06 bits per heavy atom. The van der Waals surface area contributed by atoms with Gasteiger partial charge in [0.15, 0.2) is 0 Å². The van der Waals surface area contributed by atoms with Crippen LogP contribution in [0.3, 0.4) is 0 Å². The molecule has 2 fully saturated rings. The first-order chi connectivity index (χ1) is 7.65. The van der Waals surface area contributed by atoms with Gasteiger partial charge >= 0.3 is 0 Å². The van der Waals surface area contributed by atoms with E-state index in [2.05, 4.69) is 36.1 Å². The van der Waals surface area contributed by atoms with Gasteiger partial charge in [0.25, 0.3) is 0 Å². The molecule has 2 atom stereocenters. The van der Waals surface area contributed by atoms with Gasteiger partial charge in [0.1, 0.15) is 0 Å². The van der Waals surface area contributed by atoms with E-state index in [9.17, 15) is 0 Å². The van der Waals surface area contributed by atoms with Crippen LogP contribution in [0.1, 0.15) is 26.2 Å². The van der Waals surface area contributed by atoms with E-state index in [-0.39, 0.29) is 0 Å². The van der Waals surface area contributed by atoms with E-state index in [4.69, 9.17) is 0 Å². The van der Waals surface area contributed by atoms with Gasteiger partial charge in [-0.25, -0.2) is 0 Å². The Labute approximate surface area is 100 Å². The zero-order valence-corrected chi connectivity index (χ0v) is 11.1. The second kappa shape index (κ2) is 5.48. The molecular formula is C13H27N3. The Hall–Kier alpha value is -0.120. The predicted octanol–water partition coefficient (Wildman–Crippen LogP) is 1.01. The van der Waals surface area contributed by atoms with Crippen molar-refractivity contribution in [1.82, 2.24) is 15.1 Å². The van der Waals surface area contributed by atoms with Crippen molar-refractivity contribution in [3.63, 3.8) is 0 Å². The van der Waals surface area contributed by atoms with E-state index < -0.39 is 0 Å². The van der Waals surface area contributed by atoms with E-state index in [1.807, 2.05) is 0 Å². The molecule has 0 aromatic carbocycles. The smallest absolute Gasteiger partial charge is 0.0188 e. The van der Waals surface area contributed by atoms with Crippen molar-refractivity contribution < 1.29 is 0 Å². The molecule has 0 radical (unpaired) electrons. The molecule has 0 aromatic heterocycles. The van der Waals surface area contributed by atoms with Crippen LogP contribution >= 0.6 is 0 Å². The largest absolute Gasteiger partial charge is 0.314 e. The molecule has 16 heavy (non-hydrogen) atoms. The van der Waals surface area contributed by atoms with Crippen LogP contribution in [0.2, 0.25) is 0 Å². The van der Waals surface area contributed by atoms with Crippen LogP contribution in [0.5, 0.6) is 0 Å². The van der Waals surface area contributed by atoms with Crippen LogP contribution in [0.4, 0.5) is 0 Å². The van der Waals surface area contributed by atoms with Crippen molar-refractivity contribution in [3.8, 4) is 0 Å². The van der Waals surface area contributed by atoms with Gasteiger partial charge in [0, 0.05) is 25.2 Å². The van der Waals surface area contributed by atoms with Crippen LogP contribution < -0.4 is 5.32 Å². The molecule has 2 aliphatic rings. The molecule has 0 spiro atoms. The lowest BCUT2D eigenvalue weighted by atomic mass is 10.1. The lowest BCUT2D eigenvalue weighted by Gasteiger charge is -2.25. The number of rotatable bonds is 6. The van der Waals surface area contributed by atoms with E-state index in [1.54, 1.807) is 0 Å². The molecule has 2 rings (SSSR count). The monoisotopic (exact) mass is 225 g/mol. The fourth-order valence-electron chi connectivity index (χ4n) is 2.40. The summed E-state index contributed by atoms with van der Waals surface area (Å²) in [6, 6.07) is 1.55. The van der Waals surface area contributed by atoms with Gasteiger partial charge in [-0.2, -0.15) is 0 Å². The number of nitrogens with one attached hydrogen (secondary N) is 1. The molecule has 3 heteroatoms. The summed E-state index contributed by atoms with van der Waals surface area (Å²) in [6.07, 6.45) is 4.21. The topological polar surface area (TPSA) is 18.5 Å². The minimum absolute atomic E-state index is 0.676. The molecule has 94 valence electrons. The van der Waals surface area contributed by atoms with Crippen molar-refractivity contribution in [2.45, 2.75) is 38.3 Å². The highest BCUT2D eigenvalue weighted by atomic mass is 15.2. The summed E-state index contributed by atoms with van der Waals surface area (Å²) in [7, 11) is 4.35. The van der Waals surface area contributed by atoms with Crippen LogP contribution in [0, 0.1) is 5.92 Å². The Bertz CT molecular complexity index is 213. The molecule has 3 nitrogen and oxygen atoms in total. The van der Waals surface area contributed by atoms with E-state index in [1.165, 1.54) is 45.4 Å². The minimum atomic E-state index is 0.676. The third-order valence-corrected chi connectivity index (χ3v) is 4.05. The summed E-state index contributed by atoms with van der Waals surface area (Å²) in [5.74, 6) is 0.898. The second-order valence-electron chi connectivity index (χ2n) is 5.91. The Morgan fingerprint density at radius 1 is 1.31 bits per heavy atom. The zero-order valence-electron chi connectivity index (χ0n) is 11.1. The summed E-state index contributed by atoms with van der Waals surface area (Å²) in [5.41, 5.74) is 0. The summed E-state index contributed by atoms with van der Waals surface area (Å²) in [4.78, 5) is 4.94. The molecule has 0 aromatic rings. The fourth-order valence-corrected chi connectivity index (χ4v) is 2.40. The number of hydrogen-bond acceptors (Lipinski definition) is 3. The quantitative estimate of drug-likeness (QED) is 0.728. The molecule has 2 unspecified atom stereocenters. The van der Waals surface area contributed by atoms with E-state index in [0.29, 0.717) is 6.04 Å². The van der Waals surface area contributed by atoms with Gasteiger partial charge in [0.05, 0.1) is 0 Å². The molecular weight excluding hydrogens is 198 g/mol. The van der Waals surface area contributed by atoms with Crippen molar-refractivity contribution in [1.29, 1.82) is 0 Å². The van der Waals surface area contributed by atoms with Crippen LogP contribution in [-0.4, -0.2) is 62.2 Å². The molecule has 1 saturated heterocycles. The summed E-state index contributed by atoms with van der Waals surface area (Å²) in [6.45, 7) is 7.40. The predicted molar refractivity (Wildman–Crippen MR) is 68.7 cm³/mol. The summed E-state index contributed by atoms with van der Waals surface area (Å²) >= 11 is 0. The molecule has 1 saturated carbocycles. The molecule has 1 aliphatic heterocycles. The first-order valence-electron chi connectivity index (χ1n) is 6.77. The van der Waals surface area contributed by atoms with Gasteiger partial charge in [-0.05, 0) is 59.3 Å². The summed E-state index contributed by atoms with van der Waals surface area (Å²) in [5, 5.41) is 3.66. The van der Waals surface area contributed by atoms with Gasteiger partial charge in [-0.1, -0.05) is 0 Å². The van der Waals surface area contributed by atoms with Crippen molar-refractivity contribution in [2.75, 3.05) is 40.3 Å². The Morgan fingerprint density at radius 3 is 2.69 bits per heavy atom. The highest BCUT2D eigenvalue weighted by Crippen LogP contribution is 2.21. The third kappa shape index (κ3) is 3.72. The van der Waals surface area contributed by atoms with Gasteiger partial charge in [0.2, 0.25) is 0 Å². The molecule has 0 bridgehead atoms. The number of likely N-dealkylation sites (N-methyl/N-ethyl adjacent to an activating group) is 1. The van der Waals surface area contributed by atoms with E-state index in [0.717, 1.165) is 12.0 Å². The first kappa shape index (κ1) is 12.3. The molecule has 1 heterocycles. The Balaban J connectivity index is 1.62. The molecule has 0 amide bonds. The lowest BCUT2D eigenvalue weighted by molar-refractivity contribution is 0.215. The highest BCUT2D eigenvalue weighted by Gasteiger charge is 2.26. The van der Waals surface area contributed by atoms with Crippen molar-refractivity contribution >= 4 is 0 Å². The maximum Gasteiger partial charge on any atom is 0.0188 e. The van der Waals surface area contributed by atoms with Crippen LogP contribution in [-0.2, 0) is 0 Å². The maximum absolute atomic E-state index is 3.66. The number of likely N-dealkylation sites (tertiary alicyclic amines) is 1. The van der Waals surface area contributed by atoms with Crippen LogP contribution in [0.15, 0.2) is 0 Å². The SMILES string of the molecule is CC(CN1CCC(CNC2CC2)C1)N(C)C. The van der Waals surface area contributed by atoms with Gasteiger partial charge in [-0.15, -0.1) is 0 Å². The van der Waals surface area contributed by atoms with E-state index >= 15 is 0 Å². The second-order valence-corrected chi connectivity index (χ2v) is 5.91. The van der Waals surface area contributed by atoms with Gasteiger partial charge in [-0.3, -0.25) is 0 Å². The minimum Gasteiger partial charge on any atom is -0.314 e. The standard InChI is InChI=1S/C13H27N3/c1-11(15(2)3)9-16-7-6-12(10-16)8-14-13-4-5-13/h11-14H,4-10H2,1-3H3. The zero-order chi connectivity index (χ0) is 11.5. The fraction of sp³-hybridized carbons (Fsp3) is 1.00. The maximum atomic E-state index is 3.66. The van der Waals surface area contributed by atoms with Crippen LogP contribution in [0.25, 0.3) is 0 Å². The number of hydrogen-bond donors (Lipinski definition) is 1. The molecule has 1 N–H and O–H groups in total. The Kier molecular flexibility index (Phi) is 4.22. The van der Waals surface area contributed by atoms with Gasteiger partial charge < -0.3 is 15.1 Å². The first-order valence-corrected chi connectivity index (χ1v) is 6.77. The van der Waals surface area contributed by atoms with Crippen molar-refractivity contribution in [3.05, 3.63) is 0 Å². The average molecular weight is 225 g/mol. The third-order valence-electron chi connectivity index (χ3n) is 4.05. The number of nitrogens with zero attached hydrogens (tertiary/aromatic N) is 2. The highest BCUT2D eigenvalue weighted by molar-refractivity contribution is 4.85. The normalized spacial score (nSPS) is 28.9.